The number of hydrogen-bond donors (Lipinski definition) is 0. The Bertz CT molecular complexity index is 1050. The zero-order chi connectivity index (χ0) is 30.1. The van der Waals surface area contributed by atoms with Crippen LogP contribution in [0.25, 0.3) is 0 Å². The summed E-state index contributed by atoms with van der Waals surface area (Å²) in [6.07, 6.45) is -10.7. The van der Waals surface area contributed by atoms with E-state index in [-0.39, 0.29) is 71.1 Å². The van der Waals surface area contributed by atoms with Gasteiger partial charge in [-0.3, -0.25) is 19.2 Å². The van der Waals surface area contributed by atoms with Gasteiger partial charge in [-0.2, -0.15) is 26.3 Å². The zero-order valence-electron chi connectivity index (χ0n) is 23.3. The summed E-state index contributed by atoms with van der Waals surface area (Å²) in [6.45, 7) is 6.35. The van der Waals surface area contributed by atoms with E-state index in [2.05, 4.69) is 11.7 Å². The second kappa shape index (κ2) is 10.1. The molecule has 11 heteroatoms. The molecule has 0 N–H and O–H groups in total. The van der Waals surface area contributed by atoms with Gasteiger partial charge in [0.05, 0.1) is 0 Å². The van der Waals surface area contributed by atoms with E-state index in [4.69, 9.17) is 0 Å². The summed E-state index contributed by atoms with van der Waals surface area (Å²) < 4.78 is 84.5. The molecule has 40 heavy (non-hydrogen) atoms. The number of alkyl halides is 6. The van der Waals surface area contributed by atoms with Gasteiger partial charge in [0, 0.05) is 49.9 Å². The first-order valence-corrected chi connectivity index (χ1v) is 14.3. The third kappa shape index (κ3) is 4.61. The van der Waals surface area contributed by atoms with Crippen molar-refractivity contribution in [2.45, 2.75) is 110 Å². The predicted molar refractivity (Wildman–Crippen MR) is 131 cm³/mol. The van der Waals surface area contributed by atoms with Gasteiger partial charge in [0.1, 0.15) is 17.3 Å². The van der Waals surface area contributed by atoms with E-state index in [0.717, 1.165) is 0 Å². The first kappa shape index (κ1) is 31.0. The van der Waals surface area contributed by atoms with Crippen LogP contribution in [0, 0.1) is 46.3 Å². The minimum Gasteiger partial charge on any atom is -0.439 e. The van der Waals surface area contributed by atoms with Crippen LogP contribution in [0.2, 0.25) is 0 Å². The summed E-state index contributed by atoms with van der Waals surface area (Å²) in [5, 5.41) is 0. The van der Waals surface area contributed by atoms with Gasteiger partial charge >= 0.3 is 23.9 Å². The monoisotopic (exact) mass is 580 g/mol. The lowest BCUT2D eigenvalue weighted by Crippen LogP contribution is -2.60. The third-order valence-electron chi connectivity index (χ3n) is 11.4. The van der Waals surface area contributed by atoms with Gasteiger partial charge < -0.3 is 4.74 Å². The molecule has 0 amide bonds. The summed E-state index contributed by atoms with van der Waals surface area (Å²) in [5.74, 6) is -2.73. The predicted octanol–water partition coefficient (Wildman–Crippen LogP) is 6.81. The van der Waals surface area contributed by atoms with E-state index < -0.39 is 42.2 Å². The molecule has 4 fully saturated rings. The molecule has 0 saturated heterocycles. The van der Waals surface area contributed by atoms with Gasteiger partial charge in [-0.05, 0) is 60.7 Å². The molecule has 0 aromatic rings. The number of rotatable bonds is 6. The third-order valence-corrected chi connectivity index (χ3v) is 11.4. The van der Waals surface area contributed by atoms with Crippen LogP contribution in [-0.2, 0) is 23.9 Å². The lowest BCUT2D eigenvalue weighted by atomic mass is 9.44. The number of ketones is 3. The molecule has 0 spiro atoms. The van der Waals surface area contributed by atoms with E-state index in [9.17, 15) is 45.5 Å². The van der Waals surface area contributed by atoms with Crippen molar-refractivity contribution >= 4 is 23.3 Å². The molecule has 0 aromatic heterocycles. The van der Waals surface area contributed by atoms with Crippen molar-refractivity contribution in [3.8, 4) is 0 Å². The SMILES string of the molecule is CCC(OC(=O)CCC(C)C1CCC2C3C(=O)CC4CC(=O)CCC4(C)C3CC(=O)C12C)(C(F)(F)F)C(F)(F)F. The van der Waals surface area contributed by atoms with Crippen LogP contribution in [0.15, 0.2) is 0 Å². The van der Waals surface area contributed by atoms with Crippen LogP contribution in [0.3, 0.4) is 0 Å². The summed E-state index contributed by atoms with van der Waals surface area (Å²) in [6, 6.07) is 0. The highest BCUT2D eigenvalue weighted by Crippen LogP contribution is 2.66. The maximum Gasteiger partial charge on any atom is 0.437 e. The lowest BCUT2D eigenvalue weighted by Gasteiger charge is -2.58. The molecule has 4 aliphatic rings. The number of Topliss-reactive ketones (excluding diaryl/α,β-unsaturated/α-hetero) is 3. The molecular formula is C29H38F6O5. The van der Waals surface area contributed by atoms with Crippen LogP contribution in [-0.4, -0.2) is 41.3 Å². The van der Waals surface area contributed by atoms with Crippen molar-refractivity contribution in [1.29, 1.82) is 0 Å². The first-order chi connectivity index (χ1) is 18.3. The highest BCUT2D eigenvalue weighted by Gasteiger charge is 2.73. The fraction of sp³-hybridized carbons (Fsp3) is 0.862. The van der Waals surface area contributed by atoms with E-state index in [1.165, 1.54) is 0 Å². The summed E-state index contributed by atoms with van der Waals surface area (Å²) >= 11 is 0. The average Bonchev–Trinajstić information content (AvgIpc) is 3.19. The van der Waals surface area contributed by atoms with Crippen LogP contribution in [0.4, 0.5) is 26.3 Å². The molecule has 0 bridgehead atoms. The molecule has 4 saturated carbocycles. The molecule has 5 nitrogen and oxygen atoms in total. The standard InChI is InChI=1S/C29H38F6O5/c1-5-27(28(30,31)32,29(33,34)35)40-23(39)9-6-15(2)18-7-8-19-24-20(14-22(38)26(18,19)4)25(3)11-10-17(36)12-16(25)13-21(24)37/h15-16,18-20,24H,5-14H2,1-4H3. The number of fused-ring (bicyclic) bond motifs is 5. The normalized spacial score (nSPS) is 37.5. The molecule has 0 heterocycles. The lowest BCUT2D eigenvalue weighted by molar-refractivity contribution is -0.370. The molecule has 0 aromatic carbocycles. The Hall–Kier alpha value is -1.94. The topological polar surface area (TPSA) is 77.5 Å². The average molecular weight is 581 g/mol. The van der Waals surface area contributed by atoms with Gasteiger partial charge in [-0.15, -0.1) is 0 Å². The van der Waals surface area contributed by atoms with Crippen LogP contribution in [0.5, 0.6) is 0 Å². The Morgan fingerprint density at radius 3 is 2.17 bits per heavy atom. The van der Waals surface area contributed by atoms with Crippen molar-refractivity contribution < 1.29 is 50.3 Å². The maximum atomic E-state index is 13.8. The van der Waals surface area contributed by atoms with Crippen molar-refractivity contribution in [3.05, 3.63) is 0 Å². The number of carbonyl (C=O) groups is 4. The molecule has 8 atom stereocenters. The van der Waals surface area contributed by atoms with Crippen molar-refractivity contribution in [2.24, 2.45) is 46.3 Å². The molecule has 8 unspecified atom stereocenters. The minimum absolute atomic E-state index is 0.0152. The minimum atomic E-state index is -5.83. The van der Waals surface area contributed by atoms with E-state index >= 15 is 0 Å². The second-order valence-electron chi connectivity index (χ2n) is 13.1. The maximum absolute atomic E-state index is 13.8. The largest absolute Gasteiger partial charge is 0.439 e. The van der Waals surface area contributed by atoms with E-state index in [1.54, 1.807) is 6.92 Å². The Morgan fingerprint density at radius 2 is 1.60 bits per heavy atom. The Morgan fingerprint density at radius 1 is 0.975 bits per heavy atom. The molecule has 4 aliphatic carbocycles. The summed E-state index contributed by atoms with van der Waals surface area (Å²) in [4.78, 5) is 51.7. The molecule has 0 radical (unpaired) electrons. The number of esters is 1. The highest BCUT2D eigenvalue weighted by molar-refractivity contribution is 5.93. The van der Waals surface area contributed by atoms with Gasteiger partial charge in [-0.25, -0.2) is 0 Å². The van der Waals surface area contributed by atoms with Crippen molar-refractivity contribution in [2.75, 3.05) is 0 Å². The Balaban J connectivity index is 1.49. The van der Waals surface area contributed by atoms with Crippen molar-refractivity contribution in [3.63, 3.8) is 0 Å². The molecule has 4 rings (SSSR count). The number of hydrogen-bond acceptors (Lipinski definition) is 5. The summed E-state index contributed by atoms with van der Waals surface area (Å²) in [7, 11) is 0. The highest BCUT2D eigenvalue weighted by atomic mass is 19.4. The van der Waals surface area contributed by atoms with Gasteiger partial charge in [-0.1, -0.05) is 27.7 Å². The first-order valence-electron chi connectivity index (χ1n) is 14.3. The number of halogens is 6. The van der Waals surface area contributed by atoms with Crippen LogP contribution < -0.4 is 0 Å². The molecular weight excluding hydrogens is 542 g/mol. The van der Waals surface area contributed by atoms with Gasteiger partial charge in [0.15, 0.2) is 0 Å². The Kier molecular flexibility index (Phi) is 7.83. The van der Waals surface area contributed by atoms with E-state index in [1.807, 2.05) is 6.92 Å². The van der Waals surface area contributed by atoms with Gasteiger partial charge in [0.2, 0.25) is 0 Å². The fourth-order valence-electron chi connectivity index (χ4n) is 8.93. The van der Waals surface area contributed by atoms with Gasteiger partial charge in [0.25, 0.3) is 0 Å². The van der Waals surface area contributed by atoms with Crippen LogP contribution >= 0.6 is 0 Å². The zero-order valence-corrected chi connectivity index (χ0v) is 23.3. The quantitative estimate of drug-likeness (QED) is 0.255. The smallest absolute Gasteiger partial charge is 0.437 e. The second-order valence-corrected chi connectivity index (χ2v) is 13.1. The van der Waals surface area contributed by atoms with Crippen molar-refractivity contribution in [1.82, 2.24) is 0 Å². The fourth-order valence-corrected chi connectivity index (χ4v) is 8.93. The molecule has 226 valence electrons. The number of ether oxygens (including phenoxy) is 1. The molecule has 0 aliphatic heterocycles. The Labute approximate surface area is 230 Å². The summed E-state index contributed by atoms with van der Waals surface area (Å²) in [5.41, 5.74) is -5.73. The van der Waals surface area contributed by atoms with Crippen LogP contribution in [0.1, 0.15) is 91.9 Å². The van der Waals surface area contributed by atoms with E-state index in [0.29, 0.717) is 45.4 Å². The number of carbonyl (C=O) groups excluding carboxylic acids is 4.